The van der Waals surface area contributed by atoms with E-state index in [1.807, 2.05) is 4.90 Å². The van der Waals surface area contributed by atoms with E-state index >= 15 is 0 Å². The predicted molar refractivity (Wildman–Crippen MR) is 105 cm³/mol. The summed E-state index contributed by atoms with van der Waals surface area (Å²) in [4.78, 5) is 13.9. The molecule has 2 heterocycles. The molecule has 5 nitrogen and oxygen atoms in total. The zero-order chi connectivity index (χ0) is 19.2. The van der Waals surface area contributed by atoms with Crippen molar-refractivity contribution in [3.63, 3.8) is 0 Å². The lowest BCUT2D eigenvalue weighted by Gasteiger charge is -2.48. The number of rotatable bonds is 10. The Bertz CT molecular complexity index is 465. The summed E-state index contributed by atoms with van der Waals surface area (Å²) in [7, 11) is 0. The Morgan fingerprint density at radius 2 is 1.89 bits per heavy atom. The van der Waals surface area contributed by atoms with Gasteiger partial charge in [-0.25, -0.2) is 0 Å². The fourth-order valence-electron chi connectivity index (χ4n) is 5.92. The number of aliphatic hydroxyl groups excluding tert-OH is 1. The number of ether oxygens (including phenoxy) is 2. The summed E-state index contributed by atoms with van der Waals surface area (Å²) in [5.41, 5.74) is -0.0462. The maximum atomic E-state index is 11.9. The molecular weight excluding hydrogens is 342 g/mol. The Hall–Kier alpha value is -0.650. The number of aliphatic hydroxyl groups is 1. The number of unbranched alkanes of at least 4 members (excludes halogenated alkanes) is 3. The van der Waals surface area contributed by atoms with Crippen LogP contribution in [-0.2, 0) is 14.3 Å². The third-order valence-corrected chi connectivity index (χ3v) is 7.41. The van der Waals surface area contributed by atoms with Crippen LogP contribution in [0.5, 0.6) is 0 Å². The van der Waals surface area contributed by atoms with Crippen molar-refractivity contribution in [2.75, 3.05) is 19.8 Å². The standard InChI is InChI=1S/C22H39NO4/c1-2-3-4-6-12-22(26-15-16-27-22)14-9-19-8-5-7-11-21(19)13-10-20(17-24)23(21)18-25/h18-20,24H,2-17H2,1H3/t19-,20-,21+/m0/s1. The molecule has 0 aromatic heterocycles. The van der Waals surface area contributed by atoms with Gasteiger partial charge in [-0.15, -0.1) is 0 Å². The number of carbonyl (C=O) groups is 1. The van der Waals surface area contributed by atoms with Gasteiger partial charge in [0.1, 0.15) is 0 Å². The number of likely N-dealkylation sites (tertiary alicyclic amines) is 1. The van der Waals surface area contributed by atoms with E-state index in [0.29, 0.717) is 19.1 Å². The van der Waals surface area contributed by atoms with E-state index < -0.39 is 5.79 Å². The molecule has 156 valence electrons. The number of nitrogens with zero attached hydrogens (tertiary/aromatic N) is 1. The molecule has 1 aliphatic carbocycles. The van der Waals surface area contributed by atoms with Crippen LogP contribution >= 0.6 is 0 Å². The Kier molecular flexibility index (Phi) is 7.57. The van der Waals surface area contributed by atoms with Gasteiger partial charge in [0.15, 0.2) is 5.79 Å². The van der Waals surface area contributed by atoms with E-state index in [1.165, 1.54) is 38.5 Å². The van der Waals surface area contributed by atoms with Crippen LogP contribution in [0.3, 0.4) is 0 Å². The third-order valence-electron chi connectivity index (χ3n) is 7.41. The van der Waals surface area contributed by atoms with Gasteiger partial charge in [-0.2, -0.15) is 0 Å². The highest BCUT2D eigenvalue weighted by Crippen LogP contribution is 2.49. The fourth-order valence-corrected chi connectivity index (χ4v) is 5.92. The normalized spacial score (nSPS) is 33.0. The molecule has 0 radical (unpaired) electrons. The third kappa shape index (κ3) is 4.51. The smallest absolute Gasteiger partial charge is 0.210 e. The molecule has 3 fully saturated rings. The van der Waals surface area contributed by atoms with Gasteiger partial charge >= 0.3 is 0 Å². The van der Waals surface area contributed by atoms with Crippen LogP contribution in [0.4, 0.5) is 0 Å². The van der Waals surface area contributed by atoms with Crippen molar-refractivity contribution in [1.82, 2.24) is 4.90 Å². The molecule has 27 heavy (non-hydrogen) atoms. The SMILES string of the molecule is CCCCCCC1(CC[C@@H]2CCCC[C@@]23CC[C@@H](CO)N3C=O)OCCO1. The highest BCUT2D eigenvalue weighted by molar-refractivity contribution is 5.51. The average Bonchev–Trinajstić information content (AvgIpc) is 3.30. The van der Waals surface area contributed by atoms with Crippen molar-refractivity contribution in [2.24, 2.45) is 5.92 Å². The van der Waals surface area contributed by atoms with Crippen molar-refractivity contribution in [3.8, 4) is 0 Å². The van der Waals surface area contributed by atoms with E-state index in [2.05, 4.69) is 6.92 Å². The van der Waals surface area contributed by atoms with Crippen molar-refractivity contribution < 1.29 is 19.4 Å². The highest BCUT2D eigenvalue weighted by Gasteiger charge is 2.51. The number of amides is 1. The van der Waals surface area contributed by atoms with Crippen LogP contribution in [0.2, 0.25) is 0 Å². The summed E-state index contributed by atoms with van der Waals surface area (Å²) >= 11 is 0. The Morgan fingerprint density at radius 1 is 1.07 bits per heavy atom. The van der Waals surface area contributed by atoms with Crippen molar-refractivity contribution >= 4 is 6.41 Å². The summed E-state index contributed by atoms with van der Waals surface area (Å²) in [5, 5.41) is 9.71. The predicted octanol–water partition coefficient (Wildman–Crippen LogP) is 4.02. The molecule has 2 saturated heterocycles. The molecule has 0 unspecified atom stereocenters. The average molecular weight is 382 g/mol. The minimum Gasteiger partial charge on any atom is -0.394 e. The quantitative estimate of drug-likeness (QED) is 0.459. The van der Waals surface area contributed by atoms with Crippen LogP contribution in [-0.4, -0.2) is 53.6 Å². The summed E-state index contributed by atoms with van der Waals surface area (Å²) in [5.74, 6) is 0.0983. The number of carbonyl (C=O) groups excluding carboxylic acids is 1. The summed E-state index contributed by atoms with van der Waals surface area (Å²) in [6.45, 7) is 3.73. The monoisotopic (exact) mass is 381 g/mol. The zero-order valence-electron chi connectivity index (χ0n) is 17.2. The lowest BCUT2D eigenvalue weighted by molar-refractivity contribution is -0.173. The minimum absolute atomic E-state index is 0.00471. The van der Waals surface area contributed by atoms with Crippen molar-refractivity contribution in [1.29, 1.82) is 0 Å². The first-order valence-corrected chi connectivity index (χ1v) is 11.3. The summed E-state index contributed by atoms with van der Waals surface area (Å²) < 4.78 is 12.2. The first-order chi connectivity index (χ1) is 13.2. The maximum absolute atomic E-state index is 11.9. The molecule has 3 atom stereocenters. The zero-order valence-corrected chi connectivity index (χ0v) is 17.2. The van der Waals surface area contributed by atoms with Gasteiger partial charge in [0, 0.05) is 18.4 Å². The van der Waals surface area contributed by atoms with Crippen LogP contribution < -0.4 is 0 Å². The van der Waals surface area contributed by atoms with E-state index in [1.54, 1.807) is 0 Å². The van der Waals surface area contributed by atoms with E-state index in [9.17, 15) is 9.90 Å². The molecule has 1 N–H and O–H groups in total. The second-order valence-corrected chi connectivity index (χ2v) is 8.89. The summed E-state index contributed by atoms with van der Waals surface area (Å²) in [6, 6.07) is 0.00471. The molecule has 1 spiro atoms. The van der Waals surface area contributed by atoms with Crippen molar-refractivity contribution in [2.45, 2.75) is 108 Å². The summed E-state index contributed by atoms with van der Waals surface area (Å²) in [6.07, 6.45) is 15.6. The highest BCUT2D eigenvalue weighted by atomic mass is 16.7. The second-order valence-electron chi connectivity index (χ2n) is 8.89. The van der Waals surface area contributed by atoms with Gasteiger partial charge in [0.25, 0.3) is 0 Å². The molecule has 0 aromatic rings. The van der Waals surface area contributed by atoms with E-state index in [-0.39, 0.29) is 18.2 Å². The van der Waals surface area contributed by atoms with E-state index in [4.69, 9.17) is 9.47 Å². The van der Waals surface area contributed by atoms with Gasteiger partial charge in [0.2, 0.25) is 6.41 Å². The minimum atomic E-state index is -0.395. The molecule has 3 rings (SSSR count). The molecule has 2 aliphatic heterocycles. The molecule has 1 saturated carbocycles. The molecule has 1 amide bonds. The van der Waals surface area contributed by atoms with Gasteiger partial charge in [-0.1, -0.05) is 39.0 Å². The maximum Gasteiger partial charge on any atom is 0.210 e. The van der Waals surface area contributed by atoms with Gasteiger partial charge in [0.05, 0.1) is 25.9 Å². The first kappa shape index (κ1) is 21.1. The van der Waals surface area contributed by atoms with Gasteiger partial charge < -0.3 is 19.5 Å². The Balaban J connectivity index is 1.64. The topological polar surface area (TPSA) is 59.0 Å². The molecule has 0 bridgehead atoms. The lowest BCUT2D eigenvalue weighted by atomic mass is 9.69. The largest absolute Gasteiger partial charge is 0.394 e. The fraction of sp³-hybridized carbons (Fsp3) is 0.955. The van der Waals surface area contributed by atoms with Gasteiger partial charge in [-0.05, 0) is 44.4 Å². The molecule has 5 heteroatoms. The Morgan fingerprint density at radius 3 is 2.59 bits per heavy atom. The van der Waals surface area contributed by atoms with Crippen LogP contribution in [0.25, 0.3) is 0 Å². The number of hydrogen-bond donors (Lipinski definition) is 1. The van der Waals surface area contributed by atoms with Crippen LogP contribution in [0, 0.1) is 5.92 Å². The van der Waals surface area contributed by atoms with E-state index in [0.717, 1.165) is 51.4 Å². The van der Waals surface area contributed by atoms with Crippen LogP contribution in [0.1, 0.15) is 90.4 Å². The lowest BCUT2D eigenvalue weighted by Crippen LogP contribution is -2.54. The van der Waals surface area contributed by atoms with Crippen LogP contribution in [0.15, 0.2) is 0 Å². The molecule has 3 aliphatic rings. The molecular formula is C22H39NO4. The molecule has 0 aromatic carbocycles. The van der Waals surface area contributed by atoms with Crippen molar-refractivity contribution in [3.05, 3.63) is 0 Å². The number of hydrogen-bond acceptors (Lipinski definition) is 4. The van der Waals surface area contributed by atoms with Gasteiger partial charge in [-0.3, -0.25) is 4.79 Å². The second kappa shape index (κ2) is 9.71. The Labute approximate surface area is 164 Å². The first-order valence-electron chi connectivity index (χ1n) is 11.3.